The second kappa shape index (κ2) is 9.12. The van der Waals surface area contributed by atoms with E-state index in [9.17, 15) is 23.2 Å². The zero-order valence-electron chi connectivity index (χ0n) is 18.7. The van der Waals surface area contributed by atoms with E-state index in [0.29, 0.717) is 13.2 Å². The molecule has 184 valence electrons. The number of nitrogens with one attached hydrogen (secondary N) is 1. The Morgan fingerprint density at radius 1 is 1.20 bits per heavy atom. The molecule has 3 unspecified atom stereocenters. The fourth-order valence-corrected chi connectivity index (χ4v) is 5.91. The number of amides is 1. The minimum atomic E-state index is -1.55. The van der Waals surface area contributed by atoms with Gasteiger partial charge in [-0.05, 0) is 55.0 Å². The number of rotatable bonds is 7. The second-order valence-electron chi connectivity index (χ2n) is 9.36. The van der Waals surface area contributed by atoms with Crippen molar-refractivity contribution in [2.24, 2.45) is 5.41 Å². The maximum atomic E-state index is 15.7. The highest BCUT2D eigenvalue weighted by molar-refractivity contribution is 7.97. The molecule has 1 N–H and O–H groups in total. The van der Waals surface area contributed by atoms with Crippen LogP contribution in [0.5, 0.6) is 0 Å². The van der Waals surface area contributed by atoms with Gasteiger partial charge in [0.2, 0.25) is 5.60 Å². The molecule has 2 aromatic carbocycles. The van der Waals surface area contributed by atoms with Crippen LogP contribution in [0.15, 0.2) is 36.4 Å². The van der Waals surface area contributed by atoms with Gasteiger partial charge in [0.25, 0.3) is 5.91 Å². The van der Waals surface area contributed by atoms with Crippen LogP contribution in [-0.2, 0) is 16.0 Å². The van der Waals surface area contributed by atoms with Gasteiger partial charge in [0.1, 0.15) is 29.5 Å². The molecule has 5 nitrogen and oxygen atoms in total. The van der Waals surface area contributed by atoms with Crippen LogP contribution in [0.4, 0.5) is 17.6 Å². The molecule has 0 aromatic heterocycles. The maximum absolute atomic E-state index is 15.7. The Morgan fingerprint density at radius 2 is 1.97 bits per heavy atom. The van der Waals surface area contributed by atoms with Crippen LogP contribution in [-0.4, -0.2) is 47.7 Å². The fourth-order valence-electron chi connectivity index (χ4n) is 5.27. The van der Waals surface area contributed by atoms with Crippen LogP contribution in [0.3, 0.4) is 0 Å². The van der Waals surface area contributed by atoms with Crippen molar-refractivity contribution in [1.29, 1.82) is 5.26 Å². The van der Waals surface area contributed by atoms with Crippen molar-refractivity contribution in [2.75, 3.05) is 19.2 Å². The van der Waals surface area contributed by atoms with E-state index in [1.54, 1.807) is 11.0 Å². The molecule has 1 saturated carbocycles. The Hall–Kier alpha value is -2.61. The van der Waals surface area contributed by atoms with Crippen LogP contribution >= 0.6 is 11.9 Å². The summed E-state index contributed by atoms with van der Waals surface area (Å²) in [6.45, 7) is 0.659. The van der Waals surface area contributed by atoms with E-state index in [2.05, 4.69) is 4.72 Å². The highest BCUT2D eigenvalue weighted by Crippen LogP contribution is 2.56. The van der Waals surface area contributed by atoms with E-state index in [4.69, 9.17) is 4.74 Å². The van der Waals surface area contributed by atoms with Gasteiger partial charge in [0.15, 0.2) is 0 Å². The van der Waals surface area contributed by atoms with Crippen LogP contribution in [0, 0.1) is 34.2 Å². The number of hydrogen-bond donors (Lipinski definition) is 1. The SMILES string of the molecule is N#CC1(C(=O)N2CC3(CC3)C(NSCF)C2Cc2cccc(-c3cc(F)ccc3F)c2F)CCO1. The summed E-state index contributed by atoms with van der Waals surface area (Å²) in [5, 5.41) is 9.63. The molecule has 3 aliphatic rings. The molecule has 0 radical (unpaired) electrons. The molecule has 10 heteroatoms. The Balaban J connectivity index is 1.51. The summed E-state index contributed by atoms with van der Waals surface area (Å²) in [6.07, 6.45) is 1.96. The van der Waals surface area contributed by atoms with Crippen LogP contribution in [0.2, 0.25) is 0 Å². The molecule has 3 fully saturated rings. The molecule has 2 saturated heterocycles. The highest BCUT2D eigenvalue weighted by Gasteiger charge is 2.63. The molecule has 35 heavy (non-hydrogen) atoms. The molecule has 1 aliphatic carbocycles. The summed E-state index contributed by atoms with van der Waals surface area (Å²) in [7, 11) is 0. The molecule has 2 aromatic rings. The van der Waals surface area contributed by atoms with Crippen LogP contribution < -0.4 is 4.72 Å². The summed E-state index contributed by atoms with van der Waals surface area (Å²) in [5.41, 5.74) is -1.91. The zero-order chi connectivity index (χ0) is 24.8. The molecule has 2 heterocycles. The summed E-state index contributed by atoms with van der Waals surface area (Å²) < 4.78 is 65.4. The molecule has 1 amide bonds. The van der Waals surface area contributed by atoms with Crippen molar-refractivity contribution in [2.45, 2.75) is 43.4 Å². The van der Waals surface area contributed by atoms with Crippen molar-refractivity contribution in [3.63, 3.8) is 0 Å². The van der Waals surface area contributed by atoms with Crippen molar-refractivity contribution in [3.05, 3.63) is 59.4 Å². The molecule has 1 spiro atoms. The third-order valence-corrected chi connectivity index (χ3v) is 7.93. The molecular weight excluding hydrogens is 482 g/mol. The van der Waals surface area contributed by atoms with E-state index in [1.165, 1.54) is 12.1 Å². The average Bonchev–Trinajstić information content (AvgIpc) is 3.53. The number of nitrogens with zero attached hydrogens (tertiary/aromatic N) is 2. The van der Waals surface area contributed by atoms with Gasteiger partial charge in [-0.15, -0.1) is 0 Å². The first-order valence-electron chi connectivity index (χ1n) is 11.4. The lowest BCUT2D eigenvalue weighted by molar-refractivity contribution is -0.172. The highest BCUT2D eigenvalue weighted by atomic mass is 32.2. The molecule has 2 aliphatic heterocycles. The van der Waals surface area contributed by atoms with Crippen LogP contribution in [0.25, 0.3) is 11.1 Å². The topological polar surface area (TPSA) is 65.4 Å². The summed E-state index contributed by atoms with van der Waals surface area (Å²) >= 11 is 0.881. The minimum absolute atomic E-state index is 0.0517. The first kappa shape index (κ1) is 24.1. The fraction of sp³-hybridized carbons (Fsp3) is 0.440. The second-order valence-corrected chi connectivity index (χ2v) is 10.1. The smallest absolute Gasteiger partial charge is 0.270 e. The van der Waals surface area contributed by atoms with Gasteiger partial charge in [-0.25, -0.2) is 17.6 Å². The Kier molecular flexibility index (Phi) is 6.28. The number of carbonyl (C=O) groups excluding carboxylic acids is 1. The van der Waals surface area contributed by atoms with Gasteiger partial charge in [-0.2, -0.15) is 5.26 Å². The zero-order valence-corrected chi connectivity index (χ0v) is 19.5. The number of nitriles is 1. The van der Waals surface area contributed by atoms with Gasteiger partial charge >= 0.3 is 0 Å². The van der Waals surface area contributed by atoms with Gasteiger partial charge in [0.05, 0.1) is 12.6 Å². The van der Waals surface area contributed by atoms with E-state index >= 15 is 4.39 Å². The van der Waals surface area contributed by atoms with Gasteiger partial charge in [0, 0.05) is 35.5 Å². The van der Waals surface area contributed by atoms with Crippen molar-refractivity contribution < 1.29 is 27.1 Å². The number of halogens is 4. The van der Waals surface area contributed by atoms with Crippen molar-refractivity contribution in [3.8, 4) is 17.2 Å². The van der Waals surface area contributed by atoms with E-state index in [0.717, 1.165) is 43.0 Å². The lowest BCUT2D eigenvalue weighted by Gasteiger charge is -2.39. The maximum Gasteiger partial charge on any atom is 0.270 e. The Bertz CT molecular complexity index is 1200. The largest absolute Gasteiger partial charge is 0.352 e. The van der Waals surface area contributed by atoms with E-state index in [1.807, 2.05) is 6.07 Å². The number of ether oxygens (including phenoxy) is 1. The molecule has 3 atom stereocenters. The standard InChI is InChI=1S/C25H23F4N3O2S/c26-14-35-31-22-20(32(13-24(22)6-7-24)23(33)25(12-30)8-9-34-25)10-15-2-1-3-17(21(15)29)18-11-16(27)4-5-19(18)28/h1-5,11,20,22,31H,6-10,13-14H2. The molecular formula is C25H23F4N3O2S. The lowest BCUT2D eigenvalue weighted by atomic mass is 9.90. The van der Waals surface area contributed by atoms with Crippen LogP contribution in [0.1, 0.15) is 24.8 Å². The number of alkyl halides is 1. The van der Waals surface area contributed by atoms with Gasteiger partial charge < -0.3 is 9.64 Å². The van der Waals surface area contributed by atoms with Gasteiger partial charge in [-0.3, -0.25) is 9.52 Å². The van der Waals surface area contributed by atoms with E-state index < -0.39 is 41.0 Å². The average molecular weight is 506 g/mol. The summed E-state index contributed by atoms with van der Waals surface area (Å²) in [5.74, 6) is -2.63. The predicted octanol–water partition coefficient (Wildman–Crippen LogP) is 4.52. The summed E-state index contributed by atoms with van der Waals surface area (Å²) in [6, 6.07) is 7.70. The number of benzene rings is 2. The predicted molar refractivity (Wildman–Crippen MR) is 122 cm³/mol. The first-order chi connectivity index (χ1) is 16.8. The molecule has 0 bridgehead atoms. The Morgan fingerprint density at radius 3 is 2.60 bits per heavy atom. The van der Waals surface area contributed by atoms with Crippen molar-refractivity contribution in [1.82, 2.24) is 9.62 Å². The van der Waals surface area contributed by atoms with E-state index in [-0.39, 0.29) is 41.0 Å². The van der Waals surface area contributed by atoms with Gasteiger partial charge in [-0.1, -0.05) is 18.2 Å². The third kappa shape index (κ3) is 4.09. The lowest BCUT2D eigenvalue weighted by Crippen LogP contribution is -2.58. The molecule has 5 rings (SSSR count). The van der Waals surface area contributed by atoms with Crippen molar-refractivity contribution >= 4 is 17.9 Å². The summed E-state index contributed by atoms with van der Waals surface area (Å²) in [4.78, 5) is 15.0. The third-order valence-electron chi connectivity index (χ3n) is 7.40. The normalized spacial score (nSPS) is 26.4. The quantitative estimate of drug-likeness (QED) is 0.443. The first-order valence-corrected chi connectivity index (χ1v) is 12.3. The number of carbonyl (C=O) groups is 1. The minimum Gasteiger partial charge on any atom is -0.352 e. The number of likely N-dealkylation sites (tertiary alicyclic amines) is 1. The Labute approximate surface area is 204 Å². The monoisotopic (exact) mass is 505 g/mol. The number of hydrogen-bond acceptors (Lipinski definition) is 5.